The van der Waals surface area contributed by atoms with Gasteiger partial charge in [-0.2, -0.15) is 0 Å². The van der Waals surface area contributed by atoms with Gasteiger partial charge in [0.2, 0.25) is 5.91 Å². The number of carbonyl (C=O) groups is 1. The highest BCUT2D eigenvalue weighted by molar-refractivity contribution is 5.91. The first-order valence-electron chi connectivity index (χ1n) is 7.16. The summed E-state index contributed by atoms with van der Waals surface area (Å²) in [6, 6.07) is 6.18. The molecule has 0 radical (unpaired) electrons. The van der Waals surface area contributed by atoms with Crippen LogP contribution in [0.2, 0.25) is 0 Å². The quantitative estimate of drug-likeness (QED) is 0.811. The lowest BCUT2D eigenvalue weighted by Gasteiger charge is -2.22. The summed E-state index contributed by atoms with van der Waals surface area (Å²) in [5.41, 5.74) is 0.691. The van der Waals surface area contributed by atoms with Crippen LogP contribution in [0.4, 0.5) is 4.39 Å². The van der Waals surface area contributed by atoms with Gasteiger partial charge < -0.3 is 10.6 Å². The molecular weight excluding hydrogens is 255 g/mol. The predicted octanol–water partition coefficient (Wildman–Crippen LogP) is 2.34. The van der Waals surface area contributed by atoms with Gasteiger partial charge in [0, 0.05) is 12.6 Å². The van der Waals surface area contributed by atoms with E-state index < -0.39 is 0 Å². The second kappa shape index (κ2) is 7.80. The standard InChI is InChI=1S/C16H21FN2O/c17-15-5-1-3-13(11-15)6-7-16(20)19-10-8-14-4-2-9-18-12-14/h1,3,5-7,11,14,18H,2,4,8-10,12H2,(H,19,20). The van der Waals surface area contributed by atoms with Gasteiger partial charge >= 0.3 is 0 Å². The van der Waals surface area contributed by atoms with Gasteiger partial charge in [0.1, 0.15) is 5.82 Å². The van der Waals surface area contributed by atoms with Crippen LogP contribution in [0.3, 0.4) is 0 Å². The van der Waals surface area contributed by atoms with Gasteiger partial charge in [-0.1, -0.05) is 12.1 Å². The lowest BCUT2D eigenvalue weighted by molar-refractivity contribution is -0.116. The highest BCUT2D eigenvalue weighted by Gasteiger charge is 2.12. The van der Waals surface area contributed by atoms with E-state index in [1.807, 2.05) is 0 Å². The van der Waals surface area contributed by atoms with E-state index >= 15 is 0 Å². The zero-order valence-electron chi connectivity index (χ0n) is 11.6. The molecule has 20 heavy (non-hydrogen) atoms. The number of benzene rings is 1. The maximum Gasteiger partial charge on any atom is 0.243 e. The van der Waals surface area contributed by atoms with Gasteiger partial charge in [-0.05, 0) is 62.0 Å². The molecule has 1 aromatic rings. The molecule has 3 nitrogen and oxygen atoms in total. The number of nitrogens with one attached hydrogen (secondary N) is 2. The third kappa shape index (κ3) is 5.13. The Morgan fingerprint density at radius 2 is 2.40 bits per heavy atom. The van der Waals surface area contributed by atoms with Gasteiger partial charge in [0.25, 0.3) is 0 Å². The Balaban J connectivity index is 1.69. The summed E-state index contributed by atoms with van der Waals surface area (Å²) in [6.45, 7) is 2.85. The van der Waals surface area contributed by atoms with Gasteiger partial charge in [-0.15, -0.1) is 0 Å². The van der Waals surface area contributed by atoms with Gasteiger partial charge in [-0.25, -0.2) is 4.39 Å². The molecule has 1 saturated heterocycles. The molecule has 1 fully saturated rings. The fraction of sp³-hybridized carbons (Fsp3) is 0.438. The summed E-state index contributed by atoms with van der Waals surface area (Å²) >= 11 is 0. The second-order valence-electron chi connectivity index (χ2n) is 5.18. The predicted molar refractivity (Wildman–Crippen MR) is 78.7 cm³/mol. The van der Waals surface area contributed by atoms with Crippen molar-refractivity contribution in [2.75, 3.05) is 19.6 Å². The summed E-state index contributed by atoms with van der Waals surface area (Å²) < 4.78 is 13.0. The van der Waals surface area contributed by atoms with Crippen molar-refractivity contribution >= 4 is 12.0 Å². The smallest absolute Gasteiger partial charge is 0.243 e. The number of halogens is 1. The molecule has 1 aliphatic heterocycles. The highest BCUT2D eigenvalue weighted by atomic mass is 19.1. The molecule has 108 valence electrons. The van der Waals surface area contributed by atoms with E-state index in [-0.39, 0.29) is 11.7 Å². The number of hydrogen-bond acceptors (Lipinski definition) is 2. The van der Waals surface area contributed by atoms with Crippen molar-refractivity contribution < 1.29 is 9.18 Å². The van der Waals surface area contributed by atoms with Crippen LogP contribution < -0.4 is 10.6 Å². The summed E-state index contributed by atoms with van der Waals surface area (Å²) in [5.74, 6) is 0.242. The van der Waals surface area contributed by atoms with Gasteiger partial charge in [0.15, 0.2) is 0 Å². The van der Waals surface area contributed by atoms with E-state index in [1.54, 1.807) is 18.2 Å². The number of piperidine rings is 1. The molecule has 1 aliphatic rings. The average molecular weight is 276 g/mol. The minimum absolute atomic E-state index is 0.127. The molecule has 0 aliphatic carbocycles. The SMILES string of the molecule is O=C(C=Cc1cccc(F)c1)NCCC1CCCNC1. The fourth-order valence-corrected chi connectivity index (χ4v) is 2.41. The molecule has 1 heterocycles. The van der Waals surface area contributed by atoms with Crippen molar-refractivity contribution in [2.24, 2.45) is 5.92 Å². The molecule has 1 amide bonds. The van der Waals surface area contributed by atoms with Crippen molar-refractivity contribution in [3.63, 3.8) is 0 Å². The zero-order chi connectivity index (χ0) is 14.2. The van der Waals surface area contributed by atoms with E-state index in [9.17, 15) is 9.18 Å². The Bertz CT molecular complexity index is 467. The van der Waals surface area contributed by atoms with Crippen LogP contribution in [0.15, 0.2) is 30.3 Å². The molecule has 1 atom stereocenters. The molecule has 0 saturated carbocycles. The van der Waals surface area contributed by atoms with Crippen molar-refractivity contribution in [1.29, 1.82) is 0 Å². The topological polar surface area (TPSA) is 41.1 Å². The molecule has 2 rings (SSSR count). The molecule has 2 N–H and O–H groups in total. The van der Waals surface area contributed by atoms with Crippen LogP contribution in [0.1, 0.15) is 24.8 Å². The van der Waals surface area contributed by atoms with Crippen molar-refractivity contribution in [2.45, 2.75) is 19.3 Å². The summed E-state index contributed by atoms with van der Waals surface area (Å²) in [7, 11) is 0. The highest BCUT2D eigenvalue weighted by Crippen LogP contribution is 2.12. The van der Waals surface area contributed by atoms with E-state index in [2.05, 4.69) is 10.6 Å². The van der Waals surface area contributed by atoms with Crippen LogP contribution in [-0.2, 0) is 4.79 Å². The molecule has 4 heteroatoms. The lowest BCUT2D eigenvalue weighted by atomic mass is 9.96. The lowest BCUT2D eigenvalue weighted by Crippen LogP contribution is -2.32. The first-order chi connectivity index (χ1) is 9.74. The Labute approximate surface area is 119 Å². The van der Waals surface area contributed by atoms with Crippen molar-refractivity contribution in [3.05, 3.63) is 41.7 Å². The van der Waals surface area contributed by atoms with E-state index in [0.717, 1.165) is 19.5 Å². The van der Waals surface area contributed by atoms with Crippen LogP contribution in [0.25, 0.3) is 6.08 Å². The van der Waals surface area contributed by atoms with Crippen LogP contribution in [0.5, 0.6) is 0 Å². The third-order valence-corrected chi connectivity index (χ3v) is 3.53. The fourth-order valence-electron chi connectivity index (χ4n) is 2.41. The molecule has 1 aromatic carbocycles. The zero-order valence-corrected chi connectivity index (χ0v) is 11.6. The molecule has 0 bridgehead atoms. The van der Waals surface area contributed by atoms with E-state index in [4.69, 9.17) is 0 Å². The Kier molecular flexibility index (Phi) is 5.74. The van der Waals surface area contributed by atoms with Crippen molar-refractivity contribution in [3.8, 4) is 0 Å². The molecule has 1 unspecified atom stereocenters. The normalized spacial score (nSPS) is 19.1. The van der Waals surface area contributed by atoms with Crippen LogP contribution in [-0.4, -0.2) is 25.5 Å². The van der Waals surface area contributed by atoms with E-state index in [0.29, 0.717) is 18.0 Å². The Hall–Kier alpha value is -1.68. The maximum absolute atomic E-state index is 13.0. The Morgan fingerprint density at radius 3 is 3.15 bits per heavy atom. The van der Waals surface area contributed by atoms with Gasteiger partial charge in [0.05, 0.1) is 0 Å². The van der Waals surface area contributed by atoms with Crippen LogP contribution >= 0.6 is 0 Å². The maximum atomic E-state index is 13.0. The monoisotopic (exact) mass is 276 g/mol. The second-order valence-corrected chi connectivity index (χ2v) is 5.18. The first kappa shape index (κ1) is 14.7. The number of rotatable bonds is 5. The minimum Gasteiger partial charge on any atom is -0.353 e. The van der Waals surface area contributed by atoms with Crippen LogP contribution in [0, 0.1) is 11.7 Å². The van der Waals surface area contributed by atoms with Crippen molar-refractivity contribution in [1.82, 2.24) is 10.6 Å². The Morgan fingerprint density at radius 1 is 1.50 bits per heavy atom. The number of carbonyl (C=O) groups excluding carboxylic acids is 1. The molecular formula is C16H21FN2O. The number of amides is 1. The van der Waals surface area contributed by atoms with Gasteiger partial charge in [-0.3, -0.25) is 4.79 Å². The summed E-state index contributed by atoms with van der Waals surface area (Å²) in [5, 5.41) is 6.23. The van der Waals surface area contributed by atoms with E-state index in [1.165, 1.54) is 31.1 Å². The summed E-state index contributed by atoms with van der Waals surface area (Å²) in [6.07, 6.45) is 6.54. The summed E-state index contributed by atoms with van der Waals surface area (Å²) in [4.78, 5) is 11.6. The average Bonchev–Trinajstić information content (AvgIpc) is 2.46. The minimum atomic E-state index is -0.294. The largest absolute Gasteiger partial charge is 0.353 e. The molecule has 0 spiro atoms. The first-order valence-corrected chi connectivity index (χ1v) is 7.16. The third-order valence-electron chi connectivity index (χ3n) is 3.53. The number of hydrogen-bond donors (Lipinski definition) is 2. The molecule has 0 aromatic heterocycles.